The van der Waals surface area contributed by atoms with Crippen LogP contribution in [0, 0.1) is 0 Å². The van der Waals surface area contributed by atoms with E-state index in [0.29, 0.717) is 26.2 Å². The molecule has 6 nitrogen and oxygen atoms in total. The number of nitrogens with zero attached hydrogens (tertiary/aromatic N) is 1. The number of morpholine rings is 1. The highest BCUT2D eigenvalue weighted by atomic mass is 16.5. The number of ether oxygens (including phenoxy) is 1. The van der Waals surface area contributed by atoms with Gasteiger partial charge in [0.2, 0.25) is 5.91 Å². The SMILES string of the molecule is O=C(CN1CCOC(CO)C1)NCCO. The molecule has 6 heteroatoms. The van der Waals surface area contributed by atoms with Crippen LogP contribution in [0.15, 0.2) is 0 Å². The van der Waals surface area contributed by atoms with Crippen LogP contribution in [-0.2, 0) is 9.53 Å². The second-order valence-corrected chi connectivity index (χ2v) is 3.48. The van der Waals surface area contributed by atoms with Crippen molar-refractivity contribution in [3.8, 4) is 0 Å². The van der Waals surface area contributed by atoms with E-state index in [2.05, 4.69) is 5.32 Å². The van der Waals surface area contributed by atoms with Crippen molar-refractivity contribution >= 4 is 5.91 Å². The molecule has 3 N–H and O–H groups in total. The van der Waals surface area contributed by atoms with Crippen LogP contribution in [0.4, 0.5) is 0 Å². The molecule has 1 unspecified atom stereocenters. The van der Waals surface area contributed by atoms with Gasteiger partial charge in [0.1, 0.15) is 0 Å². The molecule has 0 bridgehead atoms. The molecule has 1 amide bonds. The molecular formula is C9H18N2O4. The summed E-state index contributed by atoms with van der Waals surface area (Å²) in [5.41, 5.74) is 0. The number of carbonyl (C=O) groups excluding carboxylic acids is 1. The molecule has 0 spiro atoms. The summed E-state index contributed by atoms with van der Waals surface area (Å²) in [6.45, 7) is 2.32. The molecule has 1 aliphatic heterocycles. The zero-order chi connectivity index (χ0) is 11.1. The van der Waals surface area contributed by atoms with E-state index >= 15 is 0 Å². The van der Waals surface area contributed by atoms with Crippen molar-refractivity contribution in [1.82, 2.24) is 10.2 Å². The molecule has 0 aromatic carbocycles. The Bertz CT molecular complexity index is 201. The summed E-state index contributed by atoms with van der Waals surface area (Å²) in [5, 5.41) is 20.0. The van der Waals surface area contributed by atoms with Crippen molar-refractivity contribution in [1.29, 1.82) is 0 Å². The van der Waals surface area contributed by atoms with Gasteiger partial charge < -0.3 is 20.3 Å². The summed E-state index contributed by atoms with van der Waals surface area (Å²) in [4.78, 5) is 13.2. The molecule has 0 aliphatic carbocycles. The predicted molar refractivity (Wildman–Crippen MR) is 53.4 cm³/mol. The van der Waals surface area contributed by atoms with E-state index in [1.54, 1.807) is 0 Å². The molecule has 0 radical (unpaired) electrons. The fourth-order valence-corrected chi connectivity index (χ4v) is 1.49. The van der Waals surface area contributed by atoms with Gasteiger partial charge in [-0.1, -0.05) is 0 Å². The minimum absolute atomic E-state index is 0.0191. The summed E-state index contributed by atoms with van der Waals surface area (Å²) in [6, 6.07) is 0. The second kappa shape index (κ2) is 6.73. The van der Waals surface area contributed by atoms with Gasteiger partial charge in [0.05, 0.1) is 32.5 Å². The van der Waals surface area contributed by atoms with Crippen molar-refractivity contribution in [3.63, 3.8) is 0 Å². The van der Waals surface area contributed by atoms with Gasteiger partial charge in [-0.3, -0.25) is 9.69 Å². The van der Waals surface area contributed by atoms with E-state index in [-0.39, 0.29) is 31.8 Å². The summed E-state index contributed by atoms with van der Waals surface area (Å²) >= 11 is 0. The Morgan fingerprint density at radius 1 is 1.53 bits per heavy atom. The van der Waals surface area contributed by atoms with Crippen molar-refractivity contribution < 1.29 is 19.7 Å². The number of hydrogen-bond donors (Lipinski definition) is 3. The zero-order valence-corrected chi connectivity index (χ0v) is 8.69. The Kier molecular flexibility index (Phi) is 5.56. The monoisotopic (exact) mass is 218 g/mol. The van der Waals surface area contributed by atoms with Crippen LogP contribution >= 0.6 is 0 Å². The van der Waals surface area contributed by atoms with Gasteiger partial charge in [-0.2, -0.15) is 0 Å². The van der Waals surface area contributed by atoms with E-state index < -0.39 is 0 Å². The maximum Gasteiger partial charge on any atom is 0.234 e. The van der Waals surface area contributed by atoms with Crippen molar-refractivity contribution in [2.45, 2.75) is 6.10 Å². The number of rotatable bonds is 5. The first-order valence-electron chi connectivity index (χ1n) is 5.08. The van der Waals surface area contributed by atoms with Crippen LogP contribution < -0.4 is 5.32 Å². The topological polar surface area (TPSA) is 82.0 Å². The van der Waals surface area contributed by atoms with Crippen LogP contribution in [-0.4, -0.2) is 73.1 Å². The first kappa shape index (κ1) is 12.4. The van der Waals surface area contributed by atoms with Crippen LogP contribution in [0.1, 0.15) is 0 Å². The van der Waals surface area contributed by atoms with Crippen molar-refractivity contribution in [2.24, 2.45) is 0 Å². The zero-order valence-electron chi connectivity index (χ0n) is 8.69. The molecule has 0 aromatic heterocycles. The fraction of sp³-hybridized carbons (Fsp3) is 0.889. The number of hydrogen-bond acceptors (Lipinski definition) is 5. The summed E-state index contributed by atoms with van der Waals surface area (Å²) in [5.74, 6) is -0.109. The molecule has 1 atom stereocenters. The highest BCUT2D eigenvalue weighted by molar-refractivity contribution is 5.77. The Morgan fingerprint density at radius 3 is 3.00 bits per heavy atom. The third-order valence-electron chi connectivity index (χ3n) is 2.23. The predicted octanol–water partition coefficient (Wildman–Crippen LogP) is -2.21. The minimum atomic E-state index is -0.190. The Balaban J connectivity index is 2.22. The molecular weight excluding hydrogens is 200 g/mol. The molecule has 0 saturated carbocycles. The minimum Gasteiger partial charge on any atom is -0.395 e. The van der Waals surface area contributed by atoms with Crippen LogP contribution in [0.5, 0.6) is 0 Å². The number of amides is 1. The van der Waals surface area contributed by atoms with Crippen LogP contribution in [0.3, 0.4) is 0 Å². The summed E-state index contributed by atoms with van der Waals surface area (Å²) in [7, 11) is 0. The highest BCUT2D eigenvalue weighted by Crippen LogP contribution is 2.03. The third-order valence-corrected chi connectivity index (χ3v) is 2.23. The molecule has 1 rings (SSSR count). The van der Waals surface area contributed by atoms with Gasteiger partial charge in [0.25, 0.3) is 0 Å². The van der Waals surface area contributed by atoms with Crippen LogP contribution in [0.2, 0.25) is 0 Å². The maximum absolute atomic E-state index is 11.3. The van der Waals surface area contributed by atoms with Crippen LogP contribution in [0.25, 0.3) is 0 Å². The van der Waals surface area contributed by atoms with E-state index in [9.17, 15) is 4.79 Å². The van der Waals surface area contributed by atoms with Gasteiger partial charge in [-0.15, -0.1) is 0 Å². The molecule has 1 fully saturated rings. The molecule has 1 aliphatic rings. The van der Waals surface area contributed by atoms with Gasteiger partial charge in [0.15, 0.2) is 0 Å². The van der Waals surface area contributed by atoms with Gasteiger partial charge in [-0.05, 0) is 0 Å². The summed E-state index contributed by atoms with van der Waals surface area (Å²) in [6.07, 6.45) is -0.190. The lowest BCUT2D eigenvalue weighted by Crippen LogP contribution is -2.48. The lowest BCUT2D eigenvalue weighted by molar-refractivity contribution is -0.125. The number of carbonyl (C=O) groups is 1. The first-order valence-corrected chi connectivity index (χ1v) is 5.08. The number of nitrogens with one attached hydrogen (secondary N) is 1. The number of aliphatic hydroxyl groups is 2. The number of aliphatic hydroxyl groups excluding tert-OH is 2. The first-order chi connectivity index (χ1) is 7.26. The quantitative estimate of drug-likeness (QED) is 0.487. The Labute approximate surface area is 88.8 Å². The normalized spacial score (nSPS) is 22.7. The average molecular weight is 218 g/mol. The van der Waals surface area contributed by atoms with Crippen molar-refractivity contribution in [3.05, 3.63) is 0 Å². The molecule has 88 valence electrons. The van der Waals surface area contributed by atoms with E-state index in [1.165, 1.54) is 0 Å². The van der Waals surface area contributed by atoms with E-state index in [1.807, 2.05) is 4.90 Å². The Hall–Kier alpha value is -0.690. The van der Waals surface area contributed by atoms with E-state index in [4.69, 9.17) is 14.9 Å². The maximum atomic E-state index is 11.3. The largest absolute Gasteiger partial charge is 0.395 e. The van der Waals surface area contributed by atoms with Gasteiger partial charge in [0, 0.05) is 19.6 Å². The van der Waals surface area contributed by atoms with Gasteiger partial charge in [-0.25, -0.2) is 0 Å². The second-order valence-electron chi connectivity index (χ2n) is 3.48. The van der Waals surface area contributed by atoms with E-state index in [0.717, 1.165) is 0 Å². The summed E-state index contributed by atoms with van der Waals surface area (Å²) < 4.78 is 5.26. The molecule has 1 heterocycles. The Morgan fingerprint density at radius 2 is 2.33 bits per heavy atom. The smallest absolute Gasteiger partial charge is 0.234 e. The van der Waals surface area contributed by atoms with Crippen molar-refractivity contribution in [2.75, 3.05) is 46.0 Å². The molecule has 0 aromatic rings. The van der Waals surface area contributed by atoms with Gasteiger partial charge >= 0.3 is 0 Å². The fourth-order valence-electron chi connectivity index (χ4n) is 1.49. The lowest BCUT2D eigenvalue weighted by Gasteiger charge is -2.31. The molecule has 15 heavy (non-hydrogen) atoms. The highest BCUT2D eigenvalue weighted by Gasteiger charge is 2.21. The lowest BCUT2D eigenvalue weighted by atomic mass is 10.3. The average Bonchev–Trinajstić information content (AvgIpc) is 2.26. The molecule has 1 saturated heterocycles. The standard InChI is InChI=1S/C9H18N2O4/c12-3-1-10-9(14)6-11-2-4-15-8(5-11)7-13/h8,12-13H,1-7H2,(H,10,14). The third kappa shape index (κ3) is 4.57.